The number of nitrogens with one attached hydrogen (secondary N) is 1. The van der Waals surface area contributed by atoms with Crippen molar-refractivity contribution in [2.24, 2.45) is 0 Å². The van der Waals surface area contributed by atoms with Crippen molar-refractivity contribution in [3.8, 4) is 11.8 Å². The topological polar surface area (TPSA) is 12.0 Å². The van der Waals surface area contributed by atoms with Crippen LogP contribution in [0.25, 0.3) is 0 Å². The molecule has 1 N–H and O–H groups in total. The summed E-state index contributed by atoms with van der Waals surface area (Å²) in [6.45, 7) is 5.02. The van der Waals surface area contributed by atoms with Crippen molar-refractivity contribution in [3.05, 3.63) is 29.8 Å². The van der Waals surface area contributed by atoms with Crippen molar-refractivity contribution in [1.82, 2.24) is 5.32 Å². The maximum Gasteiger partial charge on any atom is 0.0292 e. The molecule has 1 nitrogen and oxygen atoms in total. The molecule has 2 heteroatoms. The third-order valence-corrected chi connectivity index (χ3v) is 3.24. The van der Waals surface area contributed by atoms with Gasteiger partial charge in [-0.15, -0.1) is 23.6 Å². The quantitative estimate of drug-likeness (QED) is 0.475. The number of rotatable bonds is 5. The Kier molecular flexibility index (Phi) is 6.07. The van der Waals surface area contributed by atoms with Crippen molar-refractivity contribution in [1.29, 1.82) is 0 Å². The molecule has 1 atom stereocenters. The van der Waals surface area contributed by atoms with E-state index in [9.17, 15) is 0 Å². The molecule has 0 heterocycles. The standard InChI is InChI=1S/C14H19NS/c1-4-5-6-11-15-12(2)13-7-9-14(16-3)10-8-13/h7-10,12,15H,6,11H2,1-3H3. The van der Waals surface area contributed by atoms with Gasteiger partial charge in [0.2, 0.25) is 0 Å². The van der Waals surface area contributed by atoms with Crippen LogP contribution < -0.4 is 5.32 Å². The van der Waals surface area contributed by atoms with Crippen molar-refractivity contribution >= 4 is 11.8 Å². The van der Waals surface area contributed by atoms with E-state index in [1.807, 2.05) is 6.92 Å². The largest absolute Gasteiger partial charge is 0.309 e. The van der Waals surface area contributed by atoms with Crippen LogP contribution in [-0.2, 0) is 0 Å². The summed E-state index contributed by atoms with van der Waals surface area (Å²) in [5, 5.41) is 3.46. The van der Waals surface area contributed by atoms with Crippen molar-refractivity contribution in [3.63, 3.8) is 0 Å². The molecule has 0 bridgehead atoms. The van der Waals surface area contributed by atoms with Crippen LogP contribution in [0.2, 0.25) is 0 Å². The van der Waals surface area contributed by atoms with Crippen molar-refractivity contribution < 1.29 is 0 Å². The SMILES string of the molecule is CC#CCCNC(C)c1ccc(SC)cc1. The minimum Gasteiger partial charge on any atom is -0.309 e. The van der Waals surface area contributed by atoms with Crippen LogP contribution in [0.4, 0.5) is 0 Å². The monoisotopic (exact) mass is 233 g/mol. The Morgan fingerprint density at radius 2 is 2.00 bits per heavy atom. The molecule has 0 aromatic heterocycles. The van der Waals surface area contributed by atoms with Crippen LogP contribution >= 0.6 is 11.8 Å². The first-order chi connectivity index (χ1) is 7.77. The molecule has 0 aliphatic carbocycles. The van der Waals surface area contributed by atoms with Gasteiger partial charge >= 0.3 is 0 Å². The lowest BCUT2D eigenvalue weighted by Gasteiger charge is -2.13. The van der Waals surface area contributed by atoms with E-state index >= 15 is 0 Å². The fourth-order valence-corrected chi connectivity index (χ4v) is 1.89. The molecular weight excluding hydrogens is 214 g/mol. The van der Waals surface area contributed by atoms with E-state index < -0.39 is 0 Å². The summed E-state index contributed by atoms with van der Waals surface area (Å²) in [5.74, 6) is 5.96. The number of benzene rings is 1. The average molecular weight is 233 g/mol. The van der Waals surface area contributed by atoms with Gasteiger partial charge in [0.1, 0.15) is 0 Å². The Bertz CT molecular complexity index is 359. The zero-order chi connectivity index (χ0) is 11.8. The first kappa shape index (κ1) is 13.2. The highest BCUT2D eigenvalue weighted by molar-refractivity contribution is 7.98. The Labute approximate surface area is 103 Å². The first-order valence-corrected chi connectivity index (χ1v) is 6.77. The maximum atomic E-state index is 3.46. The van der Waals surface area contributed by atoms with Gasteiger partial charge in [-0.05, 0) is 37.8 Å². The molecular formula is C14H19NS. The van der Waals surface area contributed by atoms with Gasteiger partial charge in [-0.25, -0.2) is 0 Å². The Hall–Kier alpha value is -0.910. The molecule has 0 fully saturated rings. The lowest BCUT2D eigenvalue weighted by atomic mass is 10.1. The lowest BCUT2D eigenvalue weighted by Crippen LogP contribution is -2.19. The summed E-state index contributed by atoms with van der Waals surface area (Å²) in [5.41, 5.74) is 1.34. The van der Waals surface area contributed by atoms with E-state index in [1.54, 1.807) is 11.8 Å². The molecule has 0 saturated heterocycles. The average Bonchev–Trinajstić information content (AvgIpc) is 2.34. The highest BCUT2D eigenvalue weighted by Gasteiger charge is 2.03. The molecule has 0 spiro atoms. The van der Waals surface area contributed by atoms with Gasteiger partial charge < -0.3 is 5.32 Å². The normalized spacial score (nSPS) is 11.7. The van der Waals surface area contributed by atoms with Crippen LogP contribution in [0.1, 0.15) is 31.9 Å². The Morgan fingerprint density at radius 1 is 1.31 bits per heavy atom. The minimum absolute atomic E-state index is 0.398. The summed E-state index contributed by atoms with van der Waals surface area (Å²) >= 11 is 1.78. The molecule has 0 aliphatic rings. The smallest absolute Gasteiger partial charge is 0.0292 e. The lowest BCUT2D eigenvalue weighted by molar-refractivity contribution is 0.584. The number of hydrogen-bond acceptors (Lipinski definition) is 2. The molecule has 0 amide bonds. The van der Waals surface area contributed by atoms with Crippen LogP contribution in [0.15, 0.2) is 29.2 Å². The second-order valence-electron chi connectivity index (χ2n) is 3.63. The van der Waals surface area contributed by atoms with E-state index in [0.717, 1.165) is 13.0 Å². The summed E-state index contributed by atoms with van der Waals surface area (Å²) < 4.78 is 0. The Morgan fingerprint density at radius 3 is 2.56 bits per heavy atom. The van der Waals surface area contributed by atoms with Crippen LogP contribution in [-0.4, -0.2) is 12.8 Å². The molecule has 16 heavy (non-hydrogen) atoms. The van der Waals surface area contributed by atoms with Gasteiger partial charge in [0.05, 0.1) is 0 Å². The van der Waals surface area contributed by atoms with Gasteiger partial charge in [0.15, 0.2) is 0 Å². The maximum absolute atomic E-state index is 3.46. The van der Waals surface area contributed by atoms with Gasteiger partial charge in [-0.1, -0.05) is 12.1 Å². The zero-order valence-corrected chi connectivity index (χ0v) is 11.0. The minimum atomic E-state index is 0.398. The summed E-state index contributed by atoms with van der Waals surface area (Å²) in [6.07, 6.45) is 3.02. The molecule has 1 aromatic carbocycles. The van der Waals surface area contributed by atoms with Crippen LogP contribution in [0.3, 0.4) is 0 Å². The predicted octanol–water partition coefficient (Wildman–Crippen LogP) is 3.47. The van der Waals surface area contributed by atoms with E-state index in [2.05, 4.69) is 54.6 Å². The molecule has 1 unspecified atom stereocenters. The highest BCUT2D eigenvalue weighted by Crippen LogP contribution is 2.18. The molecule has 0 radical (unpaired) electrons. The highest BCUT2D eigenvalue weighted by atomic mass is 32.2. The van der Waals surface area contributed by atoms with Crippen LogP contribution in [0.5, 0.6) is 0 Å². The first-order valence-electron chi connectivity index (χ1n) is 5.55. The van der Waals surface area contributed by atoms with Gasteiger partial charge in [-0.2, -0.15) is 0 Å². The third kappa shape index (κ3) is 4.30. The summed E-state index contributed by atoms with van der Waals surface area (Å²) in [7, 11) is 0. The molecule has 1 aromatic rings. The second kappa shape index (κ2) is 7.38. The van der Waals surface area contributed by atoms with Crippen LogP contribution in [0, 0.1) is 11.8 Å². The van der Waals surface area contributed by atoms with Crippen molar-refractivity contribution in [2.45, 2.75) is 31.2 Å². The van der Waals surface area contributed by atoms with Gasteiger partial charge in [0.25, 0.3) is 0 Å². The molecule has 1 rings (SSSR count). The molecule has 86 valence electrons. The molecule has 0 aliphatic heterocycles. The fourth-order valence-electron chi connectivity index (χ4n) is 1.49. The van der Waals surface area contributed by atoms with Gasteiger partial charge in [0, 0.05) is 23.9 Å². The van der Waals surface area contributed by atoms with E-state index in [4.69, 9.17) is 0 Å². The summed E-state index contributed by atoms with van der Waals surface area (Å²) in [4.78, 5) is 1.31. The van der Waals surface area contributed by atoms with Crippen molar-refractivity contribution in [2.75, 3.05) is 12.8 Å². The number of thioether (sulfide) groups is 1. The van der Waals surface area contributed by atoms with E-state index in [-0.39, 0.29) is 0 Å². The Balaban J connectivity index is 2.44. The molecule has 0 saturated carbocycles. The number of hydrogen-bond donors (Lipinski definition) is 1. The third-order valence-electron chi connectivity index (χ3n) is 2.49. The van der Waals surface area contributed by atoms with E-state index in [1.165, 1.54) is 10.5 Å². The zero-order valence-electron chi connectivity index (χ0n) is 10.2. The second-order valence-corrected chi connectivity index (χ2v) is 4.51. The van der Waals surface area contributed by atoms with E-state index in [0.29, 0.717) is 6.04 Å². The predicted molar refractivity (Wildman–Crippen MR) is 72.7 cm³/mol. The fraction of sp³-hybridized carbons (Fsp3) is 0.429. The van der Waals surface area contributed by atoms with Gasteiger partial charge in [-0.3, -0.25) is 0 Å². The summed E-state index contributed by atoms with van der Waals surface area (Å²) in [6, 6.07) is 9.12.